The van der Waals surface area contributed by atoms with Crippen molar-refractivity contribution >= 4 is 44.3 Å². The van der Waals surface area contributed by atoms with Gasteiger partial charge in [-0.15, -0.1) is 0 Å². The average Bonchev–Trinajstić information content (AvgIpc) is 2.44. The van der Waals surface area contributed by atoms with Gasteiger partial charge in [-0.25, -0.2) is 9.97 Å². The number of hydrogen-bond donors (Lipinski definition) is 1. The normalized spacial score (nSPS) is 11.0. The summed E-state index contributed by atoms with van der Waals surface area (Å²) < 4.78 is 2.23. The Bertz CT molecular complexity index is 629. The van der Waals surface area contributed by atoms with Crippen molar-refractivity contribution in [2.45, 2.75) is 33.1 Å². The highest BCUT2D eigenvalue weighted by Gasteiger charge is 2.15. The van der Waals surface area contributed by atoms with E-state index in [2.05, 4.69) is 76.7 Å². The van der Waals surface area contributed by atoms with Crippen LogP contribution in [-0.2, 0) is 6.42 Å². The number of benzene rings is 1. The minimum Gasteiger partial charge on any atom is -0.369 e. The van der Waals surface area contributed by atoms with E-state index in [1.807, 2.05) is 12.1 Å². The van der Waals surface area contributed by atoms with Crippen molar-refractivity contribution in [2.75, 3.05) is 11.9 Å². The number of rotatable bonds is 5. The summed E-state index contributed by atoms with van der Waals surface area (Å²) >= 11 is 5.93. The molecule has 5 heteroatoms. The summed E-state index contributed by atoms with van der Waals surface area (Å²) in [4.78, 5) is 9.46. The Hall–Kier alpha value is -0.690. The fourth-order valence-electron chi connectivity index (χ4n) is 2.07. The molecule has 0 spiro atoms. The van der Waals surface area contributed by atoms with E-state index < -0.39 is 0 Å². The lowest BCUT2D eigenvalue weighted by atomic mass is 10.1. The fraction of sp³-hybridized carbons (Fsp3) is 0.375. The summed E-state index contributed by atoms with van der Waals surface area (Å²) in [7, 11) is 0. The maximum atomic E-state index is 4.77. The SMILES string of the molecule is CCNc1nc(Cc2ccccc2Br)nc(C(C)C)c1I. The van der Waals surface area contributed by atoms with E-state index in [0.29, 0.717) is 5.92 Å². The summed E-state index contributed by atoms with van der Waals surface area (Å²) in [6.07, 6.45) is 0.733. The van der Waals surface area contributed by atoms with Crippen LogP contribution in [0.15, 0.2) is 28.7 Å². The van der Waals surface area contributed by atoms with Gasteiger partial charge in [-0.05, 0) is 47.1 Å². The lowest BCUT2D eigenvalue weighted by Crippen LogP contribution is -2.11. The number of hydrogen-bond acceptors (Lipinski definition) is 3. The first-order valence-electron chi connectivity index (χ1n) is 7.06. The highest BCUT2D eigenvalue weighted by molar-refractivity contribution is 14.1. The van der Waals surface area contributed by atoms with Crippen LogP contribution in [-0.4, -0.2) is 16.5 Å². The van der Waals surface area contributed by atoms with Gasteiger partial charge in [0.25, 0.3) is 0 Å². The first kappa shape index (κ1) is 16.7. The lowest BCUT2D eigenvalue weighted by Gasteiger charge is -2.14. The summed E-state index contributed by atoms with van der Waals surface area (Å²) in [6.45, 7) is 7.28. The highest BCUT2D eigenvalue weighted by Crippen LogP contribution is 2.26. The summed E-state index contributed by atoms with van der Waals surface area (Å²) in [5.74, 6) is 2.19. The third-order valence-corrected chi connectivity index (χ3v) is 4.96. The quantitative estimate of drug-likeness (QED) is 0.640. The Morgan fingerprint density at radius 2 is 1.95 bits per heavy atom. The maximum Gasteiger partial charge on any atom is 0.143 e. The topological polar surface area (TPSA) is 37.8 Å². The first-order valence-corrected chi connectivity index (χ1v) is 8.93. The minimum absolute atomic E-state index is 0.385. The molecule has 1 N–H and O–H groups in total. The average molecular weight is 460 g/mol. The standard InChI is InChI=1S/C16H19BrIN3/c1-4-19-16-14(18)15(10(2)3)20-13(21-16)9-11-7-5-6-8-12(11)17/h5-8,10H,4,9H2,1-3H3,(H,19,20,21). The van der Waals surface area contributed by atoms with Crippen molar-refractivity contribution in [3.8, 4) is 0 Å². The fourth-order valence-corrected chi connectivity index (χ4v) is 3.55. The van der Waals surface area contributed by atoms with Crippen molar-refractivity contribution in [3.63, 3.8) is 0 Å². The predicted molar refractivity (Wildman–Crippen MR) is 99.9 cm³/mol. The molecular weight excluding hydrogens is 441 g/mol. The number of nitrogens with one attached hydrogen (secondary N) is 1. The van der Waals surface area contributed by atoms with Crippen LogP contribution < -0.4 is 5.32 Å². The molecule has 0 bridgehead atoms. The van der Waals surface area contributed by atoms with Crippen LogP contribution in [0.5, 0.6) is 0 Å². The smallest absolute Gasteiger partial charge is 0.143 e. The summed E-state index contributed by atoms with van der Waals surface area (Å²) in [5, 5.41) is 3.34. The molecular formula is C16H19BrIN3. The van der Waals surface area contributed by atoms with Crippen LogP contribution in [0.25, 0.3) is 0 Å². The molecule has 21 heavy (non-hydrogen) atoms. The van der Waals surface area contributed by atoms with Crippen molar-refractivity contribution in [1.29, 1.82) is 0 Å². The molecule has 0 aliphatic carbocycles. The van der Waals surface area contributed by atoms with Gasteiger partial charge in [0.15, 0.2) is 0 Å². The molecule has 2 aromatic rings. The van der Waals surface area contributed by atoms with Crippen molar-refractivity contribution < 1.29 is 0 Å². The molecule has 0 aliphatic heterocycles. The second-order valence-electron chi connectivity index (χ2n) is 5.14. The third-order valence-electron chi connectivity index (χ3n) is 3.12. The van der Waals surface area contributed by atoms with Crippen LogP contribution in [0.4, 0.5) is 5.82 Å². The Kier molecular flexibility index (Phi) is 5.98. The summed E-state index contributed by atoms with van der Waals surface area (Å²) in [5.41, 5.74) is 2.32. The number of aromatic nitrogens is 2. The second kappa shape index (κ2) is 7.54. The predicted octanol–water partition coefficient (Wildman–Crippen LogP) is 4.99. The first-order chi connectivity index (χ1) is 10.0. The molecule has 0 radical (unpaired) electrons. The van der Waals surface area contributed by atoms with E-state index >= 15 is 0 Å². The van der Waals surface area contributed by atoms with Crippen molar-refractivity contribution in [2.24, 2.45) is 0 Å². The second-order valence-corrected chi connectivity index (χ2v) is 7.07. The number of anilines is 1. The molecule has 0 aliphatic rings. The molecule has 1 heterocycles. The van der Waals surface area contributed by atoms with E-state index in [-0.39, 0.29) is 0 Å². The largest absolute Gasteiger partial charge is 0.369 e. The van der Waals surface area contributed by atoms with Crippen LogP contribution in [0.1, 0.15) is 43.8 Å². The Morgan fingerprint density at radius 3 is 2.57 bits per heavy atom. The van der Waals surface area contributed by atoms with Gasteiger partial charge < -0.3 is 5.32 Å². The molecule has 112 valence electrons. The monoisotopic (exact) mass is 459 g/mol. The van der Waals surface area contributed by atoms with Gasteiger partial charge in [0.1, 0.15) is 11.6 Å². The Balaban J connectivity index is 2.41. The zero-order valence-electron chi connectivity index (χ0n) is 12.5. The molecule has 0 unspecified atom stereocenters. The van der Waals surface area contributed by atoms with E-state index in [9.17, 15) is 0 Å². The number of halogens is 2. The van der Waals surface area contributed by atoms with E-state index in [1.54, 1.807) is 0 Å². The molecule has 1 aromatic carbocycles. The Labute approximate surface area is 148 Å². The molecule has 0 fully saturated rings. The van der Waals surface area contributed by atoms with Gasteiger partial charge in [0.05, 0.1) is 9.26 Å². The minimum atomic E-state index is 0.385. The molecule has 0 saturated heterocycles. The van der Waals surface area contributed by atoms with Gasteiger partial charge in [-0.3, -0.25) is 0 Å². The Morgan fingerprint density at radius 1 is 1.24 bits per heavy atom. The molecule has 0 atom stereocenters. The van der Waals surface area contributed by atoms with Gasteiger partial charge >= 0.3 is 0 Å². The zero-order chi connectivity index (χ0) is 15.4. The van der Waals surface area contributed by atoms with Gasteiger partial charge in [0.2, 0.25) is 0 Å². The van der Waals surface area contributed by atoms with E-state index in [1.165, 1.54) is 5.56 Å². The van der Waals surface area contributed by atoms with Crippen LogP contribution in [0.2, 0.25) is 0 Å². The van der Waals surface area contributed by atoms with Gasteiger partial charge in [0, 0.05) is 17.4 Å². The third kappa shape index (κ3) is 4.16. The molecule has 0 saturated carbocycles. The van der Waals surface area contributed by atoms with Crippen LogP contribution >= 0.6 is 38.5 Å². The zero-order valence-corrected chi connectivity index (χ0v) is 16.2. The van der Waals surface area contributed by atoms with Crippen molar-refractivity contribution in [3.05, 3.63) is 49.4 Å². The van der Waals surface area contributed by atoms with Crippen LogP contribution in [0, 0.1) is 3.57 Å². The molecule has 2 rings (SSSR count). The van der Waals surface area contributed by atoms with Crippen LogP contribution in [0.3, 0.4) is 0 Å². The van der Waals surface area contributed by atoms with Gasteiger partial charge in [-0.2, -0.15) is 0 Å². The molecule has 3 nitrogen and oxygen atoms in total. The lowest BCUT2D eigenvalue weighted by molar-refractivity contribution is 0.783. The van der Waals surface area contributed by atoms with Crippen molar-refractivity contribution in [1.82, 2.24) is 9.97 Å². The highest BCUT2D eigenvalue weighted by atomic mass is 127. The molecule has 1 aromatic heterocycles. The van der Waals surface area contributed by atoms with Gasteiger partial charge in [-0.1, -0.05) is 48.0 Å². The molecule has 0 amide bonds. The summed E-state index contributed by atoms with van der Waals surface area (Å²) in [6, 6.07) is 8.22. The van der Waals surface area contributed by atoms with E-state index in [0.717, 1.165) is 38.3 Å². The number of nitrogens with zero attached hydrogens (tertiary/aromatic N) is 2. The van der Waals surface area contributed by atoms with E-state index in [4.69, 9.17) is 9.97 Å². The maximum absolute atomic E-state index is 4.77.